The van der Waals surface area contributed by atoms with Gasteiger partial charge in [0.2, 0.25) is 10.0 Å². The second kappa shape index (κ2) is 7.75. The molecule has 0 saturated heterocycles. The van der Waals surface area contributed by atoms with E-state index in [4.69, 9.17) is 0 Å². The molecule has 26 heavy (non-hydrogen) atoms. The van der Waals surface area contributed by atoms with Crippen molar-refractivity contribution >= 4 is 21.4 Å². The Morgan fingerprint density at radius 3 is 2.65 bits per heavy atom. The van der Waals surface area contributed by atoms with Gasteiger partial charge in [0.15, 0.2) is 5.82 Å². The van der Waals surface area contributed by atoms with Crippen molar-refractivity contribution in [3.63, 3.8) is 0 Å². The summed E-state index contributed by atoms with van der Waals surface area (Å²) in [4.78, 5) is 3.84. The van der Waals surface area contributed by atoms with Gasteiger partial charge in [-0.3, -0.25) is 4.90 Å². The topological polar surface area (TPSA) is 80.1 Å². The van der Waals surface area contributed by atoms with Crippen molar-refractivity contribution in [2.75, 3.05) is 19.3 Å². The smallest absolute Gasteiger partial charge is 0.209 e. The fraction of sp³-hybridized carbons (Fsp3) is 0.647. The van der Waals surface area contributed by atoms with Crippen LogP contribution in [0.3, 0.4) is 0 Å². The summed E-state index contributed by atoms with van der Waals surface area (Å²) in [6.07, 6.45) is 2.01. The standard InChI is InChI=1S/C17H27N5O2S2/c1-12(2)16(20-26(4,23)24)17-19-18-15-5-7-21(8-9-22(15)17)11-14-13(3)6-10-25-14/h6,10,12,16,20H,5,7-9,11H2,1-4H3. The molecule has 3 rings (SSSR count). The molecule has 2 aromatic rings. The molecule has 0 spiro atoms. The summed E-state index contributed by atoms with van der Waals surface area (Å²) in [5, 5.41) is 10.8. The Balaban J connectivity index is 1.77. The number of fused-ring (bicyclic) bond motifs is 1. The van der Waals surface area contributed by atoms with Crippen LogP contribution in [0.4, 0.5) is 0 Å². The Bertz CT molecular complexity index is 856. The van der Waals surface area contributed by atoms with Crippen molar-refractivity contribution in [2.24, 2.45) is 5.92 Å². The molecule has 7 nitrogen and oxygen atoms in total. The predicted molar refractivity (Wildman–Crippen MR) is 104 cm³/mol. The van der Waals surface area contributed by atoms with Gasteiger partial charge in [0.25, 0.3) is 0 Å². The summed E-state index contributed by atoms with van der Waals surface area (Å²) >= 11 is 1.80. The number of rotatable bonds is 6. The quantitative estimate of drug-likeness (QED) is 0.806. The minimum Gasteiger partial charge on any atom is -0.312 e. The van der Waals surface area contributed by atoms with Gasteiger partial charge in [0, 0.05) is 37.5 Å². The van der Waals surface area contributed by atoms with Gasteiger partial charge in [-0.2, -0.15) is 0 Å². The van der Waals surface area contributed by atoms with Crippen molar-refractivity contribution in [3.05, 3.63) is 33.5 Å². The maximum Gasteiger partial charge on any atom is 0.209 e. The lowest BCUT2D eigenvalue weighted by atomic mass is 10.1. The Kier molecular flexibility index (Phi) is 5.81. The molecule has 1 unspecified atom stereocenters. The van der Waals surface area contributed by atoms with Crippen LogP contribution in [0.25, 0.3) is 0 Å². The number of aromatic nitrogens is 3. The third-order valence-corrected chi connectivity index (χ3v) is 6.46. The summed E-state index contributed by atoms with van der Waals surface area (Å²) in [6, 6.07) is 1.80. The van der Waals surface area contributed by atoms with E-state index < -0.39 is 10.0 Å². The van der Waals surface area contributed by atoms with Gasteiger partial charge >= 0.3 is 0 Å². The summed E-state index contributed by atoms with van der Waals surface area (Å²) < 4.78 is 28.3. The molecule has 0 bridgehead atoms. The molecule has 0 aliphatic carbocycles. The van der Waals surface area contributed by atoms with Crippen molar-refractivity contribution in [3.8, 4) is 0 Å². The van der Waals surface area contributed by atoms with Crippen molar-refractivity contribution < 1.29 is 8.42 Å². The number of aryl methyl sites for hydroxylation is 1. The van der Waals surface area contributed by atoms with Gasteiger partial charge in [0.05, 0.1) is 12.3 Å². The van der Waals surface area contributed by atoms with E-state index in [2.05, 4.69) is 42.8 Å². The van der Waals surface area contributed by atoms with Crippen LogP contribution in [0.1, 0.15) is 42.0 Å². The van der Waals surface area contributed by atoms with E-state index in [-0.39, 0.29) is 12.0 Å². The first-order chi connectivity index (χ1) is 12.2. The SMILES string of the molecule is Cc1ccsc1CN1CCc2nnc(C(NS(C)(=O)=O)C(C)C)n2CC1. The Morgan fingerprint density at radius 2 is 2.04 bits per heavy atom. The van der Waals surface area contributed by atoms with E-state index in [0.717, 1.165) is 44.2 Å². The van der Waals surface area contributed by atoms with Gasteiger partial charge in [-0.15, -0.1) is 21.5 Å². The largest absolute Gasteiger partial charge is 0.312 e. The lowest BCUT2D eigenvalue weighted by Gasteiger charge is -2.22. The second-order valence-corrected chi connectivity index (χ2v) is 10.1. The fourth-order valence-electron chi connectivity index (χ4n) is 3.26. The lowest BCUT2D eigenvalue weighted by molar-refractivity contribution is 0.270. The summed E-state index contributed by atoms with van der Waals surface area (Å²) in [6.45, 7) is 9.70. The number of sulfonamides is 1. The highest BCUT2D eigenvalue weighted by molar-refractivity contribution is 7.88. The van der Waals surface area contributed by atoms with Crippen LogP contribution in [-0.2, 0) is 29.5 Å². The summed E-state index contributed by atoms with van der Waals surface area (Å²) in [5.41, 5.74) is 1.34. The first kappa shape index (κ1) is 19.5. The molecular weight excluding hydrogens is 370 g/mol. The molecule has 3 heterocycles. The fourth-order valence-corrected chi connectivity index (χ4v) is 5.05. The highest BCUT2D eigenvalue weighted by atomic mass is 32.2. The summed E-state index contributed by atoms with van der Waals surface area (Å²) in [7, 11) is -3.32. The lowest BCUT2D eigenvalue weighted by Crippen LogP contribution is -2.33. The molecular formula is C17H27N5O2S2. The van der Waals surface area contributed by atoms with Gasteiger partial charge in [-0.1, -0.05) is 13.8 Å². The first-order valence-corrected chi connectivity index (χ1v) is 11.7. The molecule has 1 aliphatic rings. The highest BCUT2D eigenvalue weighted by Gasteiger charge is 2.28. The minimum atomic E-state index is -3.32. The van der Waals surface area contributed by atoms with E-state index in [0.29, 0.717) is 0 Å². The van der Waals surface area contributed by atoms with Crippen molar-refractivity contribution in [1.82, 2.24) is 24.4 Å². The Morgan fingerprint density at radius 1 is 1.27 bits per heavy atom. The Labute approximate surface area is 159 Å². The van der Waals surface area contributed by atoms with E-state index in [1.165, 1.54) is 16.7 Å². The third-order valence-electron chi connectivity index (χ3n) is 4.77. The van der Waals surface area contributed by atoms with E-state index in [1.54, 1.807) is 11.3 Å². The van der Waals surface area contributed by atoms with E-state index in [1.807, 2.05) is 13.8 Å². The monoisotopic (exact) mass is 397 g/mol. The molecule has 0 aromatic carbocycles. The number of nitrogens with zero attached hydrogens (tertiary/aromatic N) is 4. The molecule has 0 radical (unpaired) electrons. The van der Waals surface area contributed by atoms with Crippen LogP contribution in [0.15, 0.2) is 11.4 Å². The van der Waals surface area contributed by atoms with Crippen LogP contribution in [0.2, 0.25) is 0 Å². The van der Waals surface area contributed by atoms with Gasteiger partial charge in [0.1, 0.15) is 5.82 Å². The van der Waals surface area contributed by atoms with Crippen LogP contribution in [0.5, 0.6) is 0 Å². The molecule has 0 saturated carbocycles. The van der Waals surface area contributed by atoms with Gasteiger partial charge < -0.3 is 4.57 Å². The first-order valence-electron chi connectivity index (χ1n) is 8.89. The van der Waals surface area contributed by atoms with Crippen molar-refractivity contribution in [2.45, 2.75) is 46.3 Å². The molecule has 2 aromatic heterocycles. The molecule has 0 amide bonds. The van der Waals surface area contributed by atoms with Crippen LogP contribution >= 0.6 is 11.3 Å². The van der Waals surface area contributed by atoms with E-state index in [9.17, 15) is 8.42 Å². The van der Waals surface area contributed by atoms with Crippen LogP contribution < -0.4 is 4.72 Å². The number of thiophene rings is 1. The molecule has 144 valence electrons. The normalized spacial score (nSPS) is 17.3. The van der Waals surface area contributed by atoms with Crippen LogP contribution in [-0.4, -0.2) is 47.4 Å². The minimum absolute atomic E-state index is 0.0890. The Hall–Kier alpha value is -1.29. The third kappa shape index (κ3) is 4.51. The number of hydrogen-bond acceptors (Lipinski definition) is 6. The number of nitrogens with one attached hydrogen (secondary N) is 1. The summed E-state index contributed by atoms with van der Waals surface area (Å²) in [5.74, 6) is 1.74. The molecule has 1 aliphatic heterocycles. The highest BCUT2D eigenvalue weighted by Crippen LogP contribution is 2.24. The second-order valence-electron chi connectivity index (χ2n) is 7.29. The maximum atomic E-state index is 11.8. The zero-order valence-electron chi connectivity index (χ0n) is 15.8. The van der Waals surface area contributed by atoms with Crippen LogP contribution in [0, 0.1) is 12.8 Å². The molecule has 1 atom stereocenters. The number of hydrogen-bond donors (Lipinski definition) is 1. The average molecular weight is 398 g/mol. The van der Waals surface area contributed by atoms with Gasteiger partial charge in [-0.05, 0) is 29.9 Å². The molecule has 0 fully saturated rings. The molecule has 9 heteroatoms. The van der Waals surface area contributed by atoms with E-state index >= 15 is 0 Å². The maximum absolute atomic E-state index is 11.8. The van der Waals surface area contributed by atoms with Crippen molar-refractivity contribution in [1.29, 1.82) is 0 Å². The average Bonchev–Trinajstić information content (AvgIpc) is 3.07. The zero-order valence-corrected chi connectivity index (χ0v) is 17.4. The predicted octanol–water partition coefficient (Wildman–Crippen LogP) is 1.95. The van der Waals surface area contributed by atoms with Gasteiger partial charge in [-0.25, -0.2) is 13.1 Å². The molecule has 1 N–H and O–H groups in total. The zero-order chi connectivity index (χ0) is 18.9.